The summed E-state index contributed by atoms with van der Waals surface area (Å²) >= 11 is 5.21. The molecule has 0 unspecified atom stereocenters. The zero-order chi connectivity index (χ0) is 18.0. The van der Waals surface area contributed by atoms with Crippen LogP contribution in [0.3, 0.4) is 0 Å². The molecule has 0 aliphatic rings. The minimum atomic E-state index is -0.312. The summed E-state index contributed by atoms with van der Waals surface area (Å²) < 4.78 is 1.70. The van der Waals surface area contributed by atoms with Gasteiger partial charge in [-0.05, 0) is 49.0 Å². The smallest absolute Gasteiger partial charge is 0.262 e. The van der Waals surface area contributed by atoms with E-state index in [0.717, 1.165) is 5.56 Å². The van der Waals surface area contributed by atoms with E-state index in [1.54, 1.807) is 36.5 Å². The number of allylic oxidation sites excluding steroid dienone is 1. The third kappa shape index (κ3) is 3.41. The number of benzene rings is 1. The molecule has 6 nitrogen and oxygen atoms in total. The van der Waals surface area contributed by atoms with Gasteiger partial charge in [-0.2, -0.15) is 0 Å². The third-order valence-corrected chi connectivity index (χ3v) is 4.03. The predicted octanol–water partition coefficient (Wildman–Crippen LogP) is 3.20. The second-order valence-corrected chi connectivity index (χ2v) is 5.96. The molecule has 0 atom stereocenters. The first-order valence-electron chi connectivity index (χ1n) is 7.61. The molecule has 0 aliphatic heterocycles. The van der Waals surface area contributed by atoms with Crippen LogP contribution in [0, 0.1) is 11.7 Å². The fourth-order valence-electron chi connectivity index (χ4n) is 2.42. The molecule has 0 fully saturated rings. The second kappa shape index (κ2) is 6.82. The van der Waals surface area contributed by atoms with Crippen LogP contribution in [0.5, 0.6) is 0 Å². The number of H-pyrrole nitrogens is 1. The van der Waals surface area contributed by atoms with Crippen LogP contribution >= 0.6 is 12.2 Å². The highest BCUT2D eigenvalue weighted by molar-refractivity contribution is 7.71. The van der Waals surface area contributed by atoms with Crippen LogP contribution in [0.2, 0.25) is 0 Å². The molecule has 0 radical (unpaired) electrons. The Labute approximate surface area is 148 Å². The molecule has 0 spiro atoms. The summed E-state index contributed by atoms with van der Waals surface area (Å²) in [6.45, 7) is 5.87. The molecule has 1 amide bonds. The average Bonchev–Trinajstić information content (AvgIpc) is 2.60. The Bertz CT molecular complexity index is 1080. The van der Waals surface area contributed by atoms with Crippen molar-refractivity contribution < 1.29 is 4.79 Å². The van der Waals surface area contributed by atoms with Crippen LogP contribution < -0.4 is 10.9 Å². The Kier molecular flexibility index (Phi) is 4.58. The Morgan fingerprint density at radius 3 is 2.88 bits per heavy atom. The summed E-state index contributed by atoms with van der Waals surface area (Å²) in [6.07, 6.45) is 3.28. The minimum Gasteiger partial charge on any atom is -0.332 e. The molecule has 1 aromatic carbocycles. The van der Waals surface area contributed by atoms with E-state index in [0.29, 0.717) is 28.8 Å². The number of carbonyl (C=O) groups excluding carboxylic acids is 1. The summed E-state index contributed by atoms with van der Waals surface area (Å²) in [5.74, 6) is 0.151. The highest BCUT2D eigenvalue weighted by atomic mass is 32.1. The fourth-order valence-corrected chi connectivity index (χ4v) is 2.69. The van der Waals surface area contributed by atoms with Gasteiger partial charge in [0.05, 0.1) is 10.9 Å². The average molecular weight is 352 g/mol. The molecule has 126 valence electrons. The van der Waals surface area contributed by atoms with E-state index >= 15 is 0 Å². The van der Waals surface area contributed by atoms with Crippen LogP contribution in [-0.2, 0) is 6.54 Å². The Balaban J connectivity index is 1.98. The van der Waals surface area contributed by atoms with Crippen molar-refractivity contribution in [2.45, 2.75) is 13.5 Å². The van der Waals surface area contributed by atoms with Crippen molar-refractivity contribution >= 4 is 34.8 Å². The maximum absolute atomic E-state index is 12.5. The molecule has 0 bridgehead atoms. The molecule has 0 saturated heterocycles. The number of aryl methyl sites for hydroxylation is 1. The van der Waals surface area contributed by atoms with Crippen molar-refractivity contribution in [2.24, 2.45) is 0 Å². The number of carbonyl (C=O) groups is 1. The number of fused-ring (bicyclic) bond motifs is 1. The van der Waals surface area contributed by atoms with Crippen molar-refractivity contribution in [1.29, 1.82) is 0 Å². The first kappa shape index (κ1) is 16.8. The maximum Gasteiger partial charge on any atom is 0.262 e. The van der Waals surface area contributed by atoms with Crippen LogP contribution in [0.4, 0.5) is 5.82 Å². The number of aromatic nitrogens is 3. The molecule has 7 heteroatoms. The lowest BCUT2D eigenvalue weighted by atomic mass is 10.1. The maximum atomic E-state index is 12.5. The number of pyridine rings is 1. The standard InChI is InChI=1S/C18H16N4O2S/c1-3-8-22-17(24)13-6-5-12(9-14(13)20-18(22)25)16(23)21-15-7-4-11(2)10-19-15/h3-7,9-10H,1,8H2,2H3,(H,20,25)(H,19,21,23). The first-order valence-corrected chi connectivity index (χ1v) is 8.02. The molecule has 2 N–H and O–H groups in total. The van der Waals surface area contributed by atoms with Crippen molar-refractivity contribution in [2.75, 3.05) is 5.32 Å². The van der Waals surface area contributed by atoms with Gasteiger partial charge in [0.25, 0.3) is 11.5 Å². The molecule has 3 aromatic rings. The Hall–Kier alpha value is -3.06. The normalized spacial score (nSPS) is 10.6. The summed E-state index contributed by atoms with van der Waals surface area (Å²) in [5, 5.41) is 3.18. The van der Waals surface area contributed by atoms with Gasteiger partial charge in [0.1, 0.15) is 5.82 Å². The van der Waals surface area contributed by atoms with E-state index in [2.05, 4.69) is 21.9 Å². The van der Waals surface area contributed by atoms with Gasteiger partial charge in [0.15, 0.2) is 4.77 Å². The van der Waals surface area contributed by atoms with Crippen molar-refractivity contribution in [3.05, 3.63) is 75.4 Å². The molecule has 3 rings (SSSR count). The molecule has 25 heavy (non-hydrogen) atoms. The lowest BCUT2D eigenvalue weighted by Crippen LogP contribution is -2.22. The van der Waals surface area contributed by atoms with Crippen LogP contribution in [0.15, 0.2) is 54.0 Å². The van der Waals surface area contributed by atoms with Gasteiger partial charge >= 0.3 is 0 Å². The number of aromatic amines is 1. The van der Waals surface area contributed by atoms with Crippen LogP contribution in [0.25, 0.3) is 10.9 Å². The molecular formula is C18H16N4O2S. The van der Waals surface area contributed by atoms with Crippen molar-refractivity contribution in [1.82, 2.24) is 14.5 Å². The van der Waals surface area contributed by atoms with Gasteiger partial charge < -0.3 is 10.3 Å². The van der Waals surface area contributed by atoms with Crippen LogP contribution in [-0.4, -0.2) is 20.4 Å². The zero-order valence-electron chi connectivity index (χ0n) is 13.6. The quantitative estimate of drug-likeness (QED) is 0.558. The van der Waals surface area contributed by atoms with Crippen LogP contribution in [0.1, 0.15) is 15.9 Å². The van der Waals surface area contributed by atoms with Gasteiger partial charge in [-0.25, -0.2) is 4.98 Å². The SMILES string of the molecule is C=CCn1c(=S)[nH]c2cc(C(=O)Nc3ccc(C)cn3)ccc2c1=O. The molecule has 2 heterocycles. The largest absolute Gasteiger partial charge is 0.332 e. The molecular weight excluding hydrogens is 336 g/mol. The van der Waals surface area contributed by atoms with Crippen molar-refractivity contribution in [3.63, 3.8) is 0 Å². The van der Waals surface area contributed by atoms with Gasteiger partial charge in [0.2, 0.25) is 0 Å². The number of nitrogens with zero attached hydrogens (tertiary/aromatic N) is 2. The van der Waals surface area contributed by atoms with E-state index in [1.165, 1.54) is 4.57 Å². The number of hydrogen-bond acceptors (Lipinski definition) is 4. The monoisotopic (exact) mass is 352 g/mol. The van der Waals surface area contributed by atoms with Gasteiger partial charge in [0, 0.05) is 18.3 Å². The number of rotatable bonds is 4. The molecule has 0 saturated carbocycles. The van der Waals surface area contributed by atoms with E-state index in [4.69, 9.17) is 12.2 Å². The van der Waals surface area contributed by atoms with E-state index in [1.807, 2.05) is 13.0 Å². The summed E-state index contributed by atoms with van der Waals surface area (Å²) in [5.41, 5.74) is 1.71. The lowest BCUT2D eigenvalue weighted by Gasteiger charge is -2.08. The lowest BCUT2D eigenvalue weighted by molar-refractivity contribution is 0.102. The summed E-state index contributed by atoms with van der Waals surface area (Å²) in [4.78, 5) is 32.0. The van der Waals surface area contributed by atoms with Gasteiger partial charge in [-0.1, -0.05) is 12.1 Å². The topological polar surface area (TPSA) is 79.8 Å². The number of nitrogens with one attached hydrogen (secondary N) is 2. The van der Waals surface area contributed by atoms with E-state index in [-0.39, 0.29) is 16.2 Å². The number of anilines is 1. The number of hydrogen-bond donors (Lipinski definition) is 2. The Morgan fingerprint density at radius 2 is 2.20 bits per heavy atom. The molecule has 0 aliphatic carbocycles. The highest BCUT2D eigenvalue weighted by Crippen LogP contribution is 2.13. The summed E-state index contributed by atoms with van der Waals surface area (Å²) in [7, 11) is 0. The van der Waals surface area contributed by atoms with E-state index < -0.39 is 0 Å². The minimum absolute atomic E-state index is 0.217. The number of amides is 1. The fraction of sp³-hybridized carbons (Fsp3) is 0.111. The zero-order valence-corrected chi connectivity index (χ0v) is 14.4. The molecule has 2 aromatic heterocycles. The highest BCUT2D eigenvalue weighted by Gasteiger charge is 2.10. The Morgan fingerprint density at radius 1 is 1.40 bits per heavy atom. The van der Waals surface area contributed by atoms with E-state index in [9.17, 15) is 9.59 Å². The summed E-state index contributed by atoms with van der Waals surface area (Å²) in [6, 6.07) is 8.41. The second-order valence-electron chi connectivity index (χ2n) is 5.57. The third-order valence-electron chi connectivity index (χ3n) is 3.71. The van der Waals surface area contributed by atoms with Gasteiger partial charge in [-0.3, -0.25) is 14.2 Å². The predicted molar refractivity (Wildman–Crippen MR) is 101 cm³/mol. The van der Waals surface area contributed by atoms with Gasteiger partial charge in [-0.15, -0.1) is 6.58 Å². The van der Waals surface area contributed by atoms with Crippen molar-refractivity contribution in [3.8, 4) is 0 Å². The first-order chi connectivity index (χ1) is 12.0.